The molecule has 9 nitrogen and oxygen atoms in total. The van der Waals surface area contributed by atoms with E-state index in [0.29, 0.717) is 6.42 Å². The molecule has 2 atom stereocenters. The molecule has 0 aliphatic carbocycles. The molecule has 0 amide bonds. The van der Waals surface area contributed by atoms with Crippen molar-refractivity contribution in [3.63, 3.8) is 0 Å². The van der Waals surface area contributed by atoms with Gasteiger partial charge < -0.3 is 20.1 Å². The van der Waals surface area contributed by atoms with Crippen LogP contribution in [0.4, 0.5) is 0 Å². The molecule has 3 N–H and O–H groups in total. The molecule has 0 bridgehead atoms. The monoisotopic (exact) mass is 659 g/mol. The molecule has 45 heavy (non-hydrogen) atoms. The number of rotatable bonds is 33. The van der Waals surface area contributed by atoms with Crippen LogP contribution in [-0.2, 0) is 32.7 Å². The van der Waals surface area contributed by atoms with E-state index in [4.69, 9.17) is 24.3 Å². The highest BCUT2D eigenvalue weighted by atomic mass is 31.2. The second-order valence-electron chi connectivity index (χ2n) is 11.7. The van der Waals surface area contributed by atoms with Crippen molar-refractivity contribution in [2.45, 2.75) is 161 Å². The second-order valence-corrected chi connectivity index (χ2v) is 13.2. The van der Waals surface area contributed by atoms with Crippen molar-refractivity contribution in [2.75, 3.05) is 26.4 Å². The summed E-state index contributed by atoms with van der Waals surface area (Å²) in [4.78, 5) is 34.5. The summed E-state index contributed by atoms with van der Waals surface area (Å²) in [6, 6.07) is 0. The Balaban J connectivity index is 4.25. The molecule has 0 aromatic rings. The van der Waals surface area contributed by atoms with E-state index in [2.05, 4.69) is 38.2 Å². The first kappa shape index (κ1) is 43.5. The van der Waals surface area contributed by atoms with Crippen LogP contribution in [-0.4, -0.2) is 49.3 Å². The number of carbonyl (C=O) groups is 2. The predicted molar refractivity (Wildman–Crippen MR) is 183 cm³/mol. The number of allylic oxidation sites excluding steroid dienone is 4. The molecule has 1 unspecified atom stereocenters. The standard InChI is InChI=1S/C35H66NO8P/c1-3-5-7-9-11-13-14-15-16-17-18-20-21-23-25-27-34(37)41-31-33(32-43-45(39,40)42-30-29-36)44-35(38)28-26-24-22-19-12-10-8-6-4-2/h11,13,15-16,33H,3-10,12,14,17-32,36H2,1-2H3,(H,39,40)/b13-11+,16-15+/t33-/m0/s1. The zero-order valence-electron chi connectivity index (χ0n) is 28.6. The second kappa shape index (κ2) is 32.4. The summed E-state index contributed by atoms with van der Waals surface area (Å²) in [5.41, 5.74) is 5.31. The number of unbranched alkanes of at least 4 members (excludes halogenated alkanes) is 16. The molecule has 0 aliphatic rings. The molecule has 0 radical (unpaired) electrons. The topological polar surface area (TPSA) is 134 Å². The summed E-state index contributed by atoms with van der Waals surface area (Å²) in [5.74, 6) is -0.848. The first-order valence-corrected chi connectivity index (χ1v) is 19.3. The largest absolute Gasteiger partial charge is 0.472 e. The fraction of sp³-hybridized carbons (Fsp3) is 0.829. The van der Waals surface area contributed by atoms with Crippen molar-refractivity contribution in [1.82, 2.24) is 0 Å². The summed E-state index contributed by atoms with van der Waals surface area (Å²) in [6.45, 7) is 3.64. The summed E-state index contributed by atoms with van der Waals surface area (Å²) in [7, 11) is -4.36. The van der Waals surface area contributed by atoms with Crippen LogP contribution < -0.4 is 5.73 Å². The van der Waals surface area contributed by atoms with Gasteiger partial charge in [-0.15, -0.1) is 0 Å². The van der Waals surface area contributed by atoms with Crippen molar-refractivity contribution < 1.29 is 37.6 Å². The highest BCUT2D eigenvalue weighted by Gasteiger charge is 2.25. The number of ether oxygens (including phenoxy) is 2. The van der Waals surface area contributed by atoms with E-state index in [1.54, 1.807) is 0 Å². The Hall–Kier alpha value is -1.51. The van der Waals surface area contributed by atoms with Crippen LogP contribution in [0.15, 0.2) is 24.3 Å². The first-order chi connectivity index (χ1) is 21.8. The summed E-state index contributed by atoms with van der Waals surface area (Å²) in [5, 5.41) is 0. The number of nitrogens with two attached hydrogens (primary N) is 1. The van der Waals surface area contributed by atoms with Gasteiger partial charge in [0.1, 0.15) is 6.61 Å². The average Bonchev–Trinajstić information content (AvgIpc) is 3.02. The number of hydrogen-bond donors (Lipinski definition) is 2. The molecular formula is C35H66NO8P. The Bertz CT molecular complexity index is 805. The molecule has 0 saturated heterocycles. The maximum Gasteiger partial charge on any atom is 0.472 e. The van der Waals surface area contributed by atoms with Crippen LogP contribution in [0, 0.1) is 0 Å². The Morgan fingerprint density at radius 2 is 1.16 bits per heavy atom. The Morgan fingerprint density at radius 1 is 0.667 bits per heavy atom. The molecule has 0 aliphatic heterocycles. The third-order valence-corrected chi connectivity index (χ3v) is 8.32. The number of phosphoric ester groups is 1. The summed E-state index contributed by atoms with van der Waals surface area (Å²) < 4.78 is 32.5. The normalized spacial score (nSPS) is 13.8. The zero-order valence-corrected chi connectivity index (χ0v) is 29.5. The fourth-order valence-electron chi connectivity index (χ4n) is 4.66. The van der Waals surface area contributed by atoms with E-state index in [-0.39, 0.29) is 32.6 Å². The van der Waals surface area contributed by atoms with Gasteiger partial charge in [-0.05, 0) is 44.9 Å². The van der Waals surface area contributed by atoms with Crippen LogP contribution in [0.1, 0.15) is 155 Å². The molecule has 0 aromatic carbocycles. The quantitative estimate of drug-likeness (QED) is 0.0306. The minimum absolute atomic E-state index is 0.0524. The molecule has 0 saturated carbocycles. The Kier molecular flexibility index (Phi) is 31.3. The van der Waals surface area contributed by atoms with E-state index in [1.807, 2.05) is 0 Å². The van der Waals surface area contributed by atoms with Gasteiger partial charge in [-0.2, -0.15) is 0 Å². The molecule has 0 aromatic heterocycles. The minimum atomic E-state index is -4.36. The lowest BCUT2D eigenvalue weighted by Crippen LogP contribution is -2.29. The van der Waals surface area contributed by atoms with Crippen LogP contribution in [0.5, 0.6) is 0 Å². The molecule has 0 spiro atoms. The van der Waals surface area contributed by atoms with Crippen molar-refractivity contribution >= 4 is 19.8 Å². The van der Waals surface area contributed by atoms with E-state index in [1.165, 1.54) is 57.8 Å². The number of carbonyl (C=O) groups excluding carboxylic acids is 2. The molecule has 0 fully saturated rings. The van der Waals surface area contributed by atoms with E-state index in [0.717, 1.165) is 64.2 Å². The number of phosphoric acid groups is 1. The van der Waals surface area contributed by atoms with Gasteiger partial charge in [0.2, 0.25) is 0 Å². The molecule has 0 rings (SSSR count). The van der Waals surface area contributed by atoms with E-state index in [9.17, 15) is 19.0 Å². The minimum Gasteiger partial charge on any atom is -0.462 e. The average molecular weight is 660 g/mol. The Labute approximate surface area is 274 Å². The van der Waals surface area contributed by atoms with E-state index < -0.39 is 32.5 Å². The highest BCUT2D eigenvalue weighted by molar-refractivity contribution is 7.47. The first-order valence-electron chi connectivity index (χ1n) is 17.8. The van der Waals surface area contributed by atoms with Crippen molar-refractivity contribution in [1.29, 1.82) is 0 Å². The lowest BCUT2D eigenvalue weighted by Gasteiger charge is -2.19. The third kappa shape index (κ3) is 32.2. The maximum absolute atomic E-state index is 12.4. The van der Waals surface area contributed by atoms with Gasteiger partial charge in [0.25, 0.3) is 0 Å². The van der Waals surface area contributed by atoms with Crippen molar-refractivity contribution in [3.8, 4) is 0 Å². The van der Waals surface area contributed by atoms with Gasteiger partial charge in [0.05, 0.1) is 13.2 Å². The van der Waals surface area contributed by atoms with Gasteiger partial charge in [-0.25, -0.2) is 4.57 Å². The Morgan fingerprint density at radius 3 is 1.73 bits per heavy atom. The van der Waals surface area contributed by atoms with Gasteiger partial charge in [0, 0.05) is 19.4 Å². The smallest absolute Gasteiger partial charge is 0.462 e. The van der Waals surface area contributed by atoms with Crippen LogP contribution >= 0.6 is 7.82 Å². The summed E-state index contributed by atoms with van der Waals surface area (Å²) in [6.07, 6.45) is 30.7. The molecule has 264 valence electrons. The maximum atomic E-state index is 12.4. The highest BCUT2D eigenvalue weighted by Crippen LogP contribution is 2.43. The van der Waals surface area contributed by atoms with Gasteiger partial charge in [0.15, 0.2) is 6.10 Å². The van der Waals surface area contributed by atoms with Crippen LogP contribution in [0.3, 0.4) is 0 Å². The lowest BCUT2D eigenvalue weighted by molar-refractivity contribution is -0.161. The van der Waals surface area contributed by atoms with E-state index >= 15 is 0 Å². The zero-order chi connectivity index (χ0) is 33.3. The molecule has 0 heterocycles. The molecule has 10 heteroatoms. The molecular weight excluding hydrogens is 593 g/mol. The van der Waals surface area contributed by atoms with Gasteiger partial charge >= 0.3 is 19.8 Å². The van der Waals surface area contributed by atoms with Gasteiger partial charge in [-0.3, -0.25) is 18.6 Å². The van der Waals surface area contributed by atoms with Crippen molar-refractivity contribution in [3.05, 3.63) is 24.3 Å². The summed E-state index contributed by atoms with van der Waals surface area (Å²) >= 11 is 0. The lowest BCUT2D eigenvalue weighted by atomic mass is 10.1. The van der Waals surface area contributed by atoms with Crippen LogP contribution in [0.25, 0.3) is 0 Å². The SMILES string of the molecule is CCCCC/C=C/C/C=C/CCCCCCCC(=O)OC[C@@H](COP(=O)(O)OCCN)OC(=O)CCCCCCCCCCC. The number of esters is 2. The van der Waals surface area contributed by atoms with Gasteiger partial charge in [-0.1, -0.05) is 122 Å². The van der Waals surface area contributed by atoms with Crippen molar-refractivity contribution in [2.24, 2.45) is 5.73 Å². The predicted octanol–water partition coefficient (Wildman–Crippen LogP) is 9.27. The van der Waals surface area contributed by atoms with Crippen LogP contribution in [0.2, 0.25) is 0 Å². The third-order valence-electron chi connectivity index (χ3n) is 7.34. The fourth-order valence-corrected chi connectivity index (χ4v) is 5.43. The number of hydrogen-bond acceptors (Lipinski definition) is 8.